The van der Waals surface area contributed by atoms with Crippen LogP contribution in [0.4, 0.5) is 0 Å². The highest BCUT2D eigenvalue weighted by molar-refractivity contribution is 9.10. The lowest BCUT2D eigenvalue weighted by molar-refractivity contribution is 0.0688. The Hall–Kier alpha value is -1.53. The lowest BCUT2D eigenvalue weighted by Gasteiger charge is -2.05. The van der Waals surface area contributed by atoms with Crippen molar-refractivity contribution in [2.24, 2.45) is 0 Å². The topological polar surface area (TPSA) is 64.3 Å². The second-order valence-corrected chi connectivity index (χ2v) is 4.72. The number of nitrogens with zero attached hydrogens (tertiary/aromatic N) is 2. The van der Waals surface area contributed by atoms with Crippen LogP contribution in [0.5, 0.6) is 5.75 Å². The molecule has 1 N–H and O–H groups in total. The minimum absolute atomic E-state index is 0.0837. The molecule has 1 aromatic heterocycles. The van der Waals surface area contributed by atoms with Crippen molar-refractivity contribution >= 4 is 33.5 Å². The van der Waals surface area contributed by atoms with E-state index >= 15 is 0 Å². The Morgan fingerprint density at radius 2 is 2.33 bits per heavy atom. The summed E-state index contributed by atoms with van der Waals surface area (Å²) in [6.07, 6.45) is 1.41. The SMILES string of the molecule is O=C(O)c1nn(COc2cccc(Br)c2)cc1Cl. The van der Waals surface area contributed by atoms with Crippen LogP contribution in [0.15, 0.2) is 34.9 Å². The number of carboxylic acids is 1. The fraction of sp³-hybridized carbons (Fsp3) is 0.0909. The summed E-state index contributed by atoms with van der Waals surface area (Å²) in [5, 5.41) is 12.7. The van der Waals surface area contributed by atoms with Crippen LogP contribution >= 0.6 is 27.5 Å². The van der Waals surface area contributed by atoms with E-state index in [1.807, 2.05) is 12.1 Å². The summed E-state index contributed by atoms with van der Waals surface area (Å²) >= 11 is 9.04. The van der Waals surface area contributed by atoms with Gasteiger partial charge in [-0.25, -0.2) is 9.48 Å². The predicted molar refractivity (Wildman–Crippen MR) is 69.0 cm³/mol. The van der Waals surface area contributed by atoms with Gasteiger partial charge in [0.2, 0.25) is 0 Å². The Kier molecular flexibility index (Phi) is 3.88. The zero-order valence-corrected chi connectivity index (χ0v) is 11.3. The molecule has 0 saturated heterocycles. The average Bonchev–Trinajstić information content (AvgIpc) is 2.68. The molecular weight excluding hydrogens is 323 g/mol. The van der Waals surface area contributed by atoms with E-state index in [1.165, 1.54) is 10.9 Å². The first kappa shape index (κ1) is 12.9. The molecule has 0 aliphatic carbocycles. The number of carbonyl (C=O) groups is 1. The Morgan fingerprint density at radius 1 is 1.56 bits per heavy atom. The third-order valence-corrected chi connectivity index (χ3v) is 2.85. The van der Waals surface area contributed by atoms with E-state index in [0.29, 0.717) is 5.75 Å². The molecule has 5 nitrogen and oxygen atoms in total. The van der Waals surface area contributed by atoms with Crippen molar-refractivity contribution in [1.29, 1.82) is 0 Å². The number of aromatic nitrogens is 2. The average molecular weight is 332 g/mol. The van der Waals surface area contributed by atoms with Crippen LogP contribution in [-0.4, -0.2) is 20.9 Å². The molecule has 0 atom stereocenters. The molecule has 2 aromatic rings. The van der Waals surface area contributed by atoms with Crippen molar-refractivity contribution in [2.75, 3.05) is 0 Å². The zero-order chi connectivity index (χ0) is 13.1. The van der Waals surface area contributed by atoms with Crippen LogP contribution in [0.1, 0.15) is 10.5 Å². The first-order valence-corrected chi connectivity index (χ1v) is 6.08. The maximum absolute atomic E-state index is 10.7. The van der Waals surface area contributed by atoms with Crippen LogP contribution in [0.2, 0.25) is 5.02 Å². The van der Waals surface area contributed by atoms with Crippen molar-refractivity contribution in [1.82, 2.24) is 9.78 Å². The molecular formula is C11H8BrClN2O3. The van der Waals surface area contributed by atoms with Gasteiger partial charge in [-0.05, 0) is 18.2 Å². The number of hydrogen-bond donors (Lipinski definition) is 1. The molecule has 94 valence electrons. The molecule has 18 heavy (non-hydrogen) atoms. The summed E-state index contributed by atoms with van der Waals surface area (Å²) in [6.45, 7) is 0.0868. The Bertz CT molecular complexity index is 585. The van der Waals surface area contributed by atoms with Crippen molar-refractivity contribution in [2.45, 2.75) is 6.73 Å². The summed E-state index contributed by atoms with van der Waals surface area (Å²) in [5.41, 5.74) is -0.186. The minimum atomic E-state index is -1.17. The van der Waals surface area contributed by atoms with E-state index < -0.39 is 5.97 Å². The van der Waals surface area contributed by atoms with Gasteiger partial charge in [-0.1, -0.05) is 33.6 Å². The van der Waals surface area contributed by atoms with Crippen LogP contribution in [-0.2, 0) is 6.73 Å². The summed E-state index contributed by atoms with van der Waals surface area (Å²) in [7, 11) is 0. The molecule has 0 amide bonds. The lowest BCUT2D eigenvalue weighted by atomic mass is 10.3. The smallest absolute Gasteiger partial charge is 0.357 e. The molecule has 0 spiro atoms. The second-order valence-electron chi connectivity index (χ2n) is 3.40. The fourth-order valence-electron chi connectivity index (χ4n) is 1.31. The van der Waals surface area contributed by atoms with Crippen molar-refractivity contribution in [3.63, 3.8) is 0 Å². The highest BCUT2D eigenvalue weighted by Crippen LogP contribution is 2.19. The molecule has 0 saturated carbocycles. The Labute approximate surface area is 116 Å². The minimum Gasteiger partial charge on any atom is -0.476 e. The number of rotatable bonds is 4. The van der Waals surface area contributed by atoms with Gasteiger partial charge in [0.1, 0.15) is 5.75 Å². The molecule has 0 unspecified atom stereocenters. The number of ether oxygens (including phenoxy) is 1. The van der Waals surface area contributed by atoms with Gasteiger partial charge in [-0.3, -0.25) is 0 Å². The standard InChI is InChI=1S/C11H8BrClN2O3/c12-7-2-1-3-8(4-7)18-6-15-5-9(13)10(14-15)11(16)17/h1-5H,6H2,(H,16,17). The zero-order valence-electron chi connectivity index (χ0n) is 9.01. The maximum Gasteiger partial charge on any atom is 0.357 e. The third-order valence-electron chi connectivity index (χ3n) is 2.08. The summed E-state index contributed by atoms with van der Waals surface area (Å²) < 4.78 is 7.66. The van der Waals surface area contributed by atoms with E-state index in [0.717, 1.165) is 4.47 Å². The van der Waals surface area contributed by atoms with Crippen molar-refractivity contribution in [3.05, 3.63) is 45.7 Å². The molecule has 0 bridgehead atoms. The third kappa shape index (κ3) is 3.02. The van der Waals surface area contributed by atoms with E-state index in [2.05, 4.69) is 21.0 Å². The Morgan fingerprint density at radius 3 is 2.94 bits per heavy atom. The molecule has 0 aliphatic rings. The largest absolute Gasteiger partial charge is 0.476 e. The van der Waals surface area contributed by atoms with E-state index in [4.69, 9.17) is 21.4 Å². The van der Waals surface area contributed by atoms with Crippen molar-refractivity contribution < 1.29 is 14.6 Å². The number of aromatic carboxylic acids is 1. The fourth-order valence-corrected chi connectivity index (χ4v) is 1.92. The van der Waals surface area contributed by atoms with Crippen LogP contribution < -0.4 is 4.74 Å². The van der Waals surface area contributed by atoms with Gasteiger partial charge < -0.3 is 9.84 Å². The van der Waals surface area contributed by atoms with Gasteiger partial charge >= 0.3 is 5.97 Å². The maximum atomic E-state index is 10.7. The number of carboxylic acid groups (broad SMARTS) is 1. The molecule has 0 fully saturated rings. The highest BCUT2D eigenvalue weighted by atomic mass is 79.9. The Balaban J connectivity index is 2.06. The summed E-state index contributed by atoms with van der Waals surface area (Å²) in [5.74, 6) is -0.519. The van der Waals surface area contributed by atoms with Gasteiger partial charge in [0.25, 0.3) is 0 Å². The monoisotopic (exact) mass is 330 g/mol. The first-order chi connectivity index (χ1) is 8.56. The van der Waals surface area contributed by atoms with Gasteiger partial charge in [-0.15, -0.1) is 0 Å². The van der Waals surface area contributed by atoms with Gasteiger partial charge in [0, 0.05) is 10.7 Å². The van der Waals surface area contributed by atoms with Gasteiger partial charge in [0.05, 0.1) is 5.02 Å². The molecule has 7 heteroatoms. The number of benzene rings is 1. The highest BCUT2D eigenvalue weighted by Gasteiger charge is 2.13. The van der Waals surface area contributed by atoms with E-state index in [1.54, 1.807) is 12.1 Å². The predicted octanol–water partition coefficient (Wildman–Crippen LogP) is 3.03. The van der Waals surface area contributed by atoms with Gasteiger partial charge in [0.15, 0.2) is 12.4 Å². The first-order valence-electron chi connectivity index (χ1n) is 4.91. The normalized spacial score (nSPS) is 10.3. The number of hydrogen-bond acceptors (Lipinski definition) is 3. The molecule has 1 aromatic carbocycles. The van der Waals surface area contributed by atoms with E-state index in [9.17, 15) is 4.79 Å². The molecule has 1 heterocycles. The quantitative estimate of drug-likeness (QED) is 0.935. The van der Waals surface area contributed by atoms with E-state index in [-0.39, 0.29) is 17.4 Å². The second kappa shape index (κ2) is 5.41. The summed E-state index contributed by atoms with van der Waals surface area (Å²) in [6, 6.07) is 7.29. The van der Waals surface area contributed by atoms with Crippen LogP contribution in [0.25, 0.3) is 0 Å². The van der Waals surface area contributed by atoms with Crippen LogP contribution in [0, 0.1) is 0 Å². The molecule has 0 aliphatic heterocycles. The van der Waals surface area contributed by atoms with Crippen molar-refractivity contribution in [3.8, 4) is 5.75 Å². The summed E-state index contributed by atoms with van der Waals surface area (Å²) in [4.78, 5) is 10.7. The van der Waals surface area contributed by atoms with Gasteiger partial charge in [-0.2, -0.15) is 5.10 Å². The molecule has 2 rings (SSSR count). The number of halogens is 2. The van der Waals surface area contributed by atoms with Crippen LogP contribution in [0.3, 0.4) is 0 Å². The molecule has 0 radical (unpaired) electrons. The lowest BCUT2D eigenvalue weighted by Crippen LogP contribution is -2.07.